The summed E-state index contributed by atoms with van der Waals surface area (Å²) < 4.78 is 34.1. The molecule has 0 bridgehead atoms. The molecule has 5 nitrogen and oxygen atoms in total. The van der Waals surface area contributed by atoms with Crippen molar-refractivity contribution in [3.63, 3.8) is 0 Å². The van der Waals surface area contributed by atoms with E-state index in [2.05, 4.69) is 15.4 Å². The lowest BCUT2D eigenvalue weighted by molar-refractivity contribution is -0.114. The van der Waals surface area contributed by atoms with E-state index in [0.29, 0.717) is 11.4 Å². The van der Waals surface area contributed by atoms with E-state index in [0.717, 1.165) is 5.56 Å². The first-order chi connectivity index (χ1) is 11.5. The van der Waals surface area contributed by atoms with E-state index in [1.54, 1.807) is 18.2 Å². The minimum atomic E-state index is -2.96. The van der Waals surface area contributed by atoms with Gasteiger partial charge in [-0.2, -0.15) is 8.78 Å². The Labute approximate surface area is 138 Å². The molecule has 7 heteroatoms. The Kier molecular flexibility index (Phi) is 5.95. The fraction of sp³-hybridized carbons (Fsp3) is 0.235. The molecule has 0 fully saturated rings. The quantitative estimate of drug-likeness (QED) is 0.810. The molecule has 24 heavy (non-hydrogen) atoms. The van der Waals surface area contributed by atoms with Crippen molar-refractivity contribution in [1.82, 2.24) is 0 Å². The number of alkyl halides is 2. The monoisotopic (exact) mass is 336 g/mol. The summed E-state index contributed by atoms with van der Waals surface area (Å²) in [5.41, 5.74) is 2.24. The summed E-state index contributed by atoms with van der Waals surface area (Å²) in [4.78, 5) is 11.9. The highest BCUT2D eigenvalue weighted by molar-refractivity contribution is 5.93. The lowest BCUT2D eigenvalue weighted by Crippen LogP contribution is -2.21. The number of carbonyl (C=O) groups is 1. The highest BCUT2D eigenvalue weighted by Gasteiger charge is 2.11. The van der Waals surface area contributed by atoms with Gasteiger partial charge in [-0.25, -0.2) is 0 Å². The van der Waals surface area contributed by atoms with E-state index in [9.17, 15) is 13.6 Å². The molecule has 0 aliphatic rings. The molecule has 0 aliphatic carbocycles. The zero-order valence-electron chi connectivity index (χ0n) is 13.3. The molecular formula is C17H18F2N2O3. The van der Waals surface area contributed by atoms with Gasteiger partial charge in [-0.15, -0.1) is 0 Å². The van der Waals surface area contributed by atoms with Gasteiger partial charge in [0.1, 0.15) is 0 Å². The van der Waals surface area contributed by atoms with Crippen LogP contribution in [0.25, 0.3) is 0 Å². The minimum absolute atomic E-state index is 0.0195. The number of aryl methyl sites for hydroxylation is 1. The molecule has 1 amide bonds. The van der Waals surface area contributed by atoms with Crippen LogP contribution in [0.3, 0.4) is 0 Å². The normalized spacial score (nSPS) is 10.4. The standard InChI is InChI=1S/C17H18F2N2O3/c1-11-3-5-12(6-4-11)21-16(22)10-20-13-7-8-14(23-2)15(9-13)24-17(18)19/h3-9,17,20H,10H2,1-2H3,(H,21,22). The maximum absolute atomic E-state index is 12.4. The van der Waals surface area contributed by atoms with Gasteiger partial charge in [0.05, 0.1) is 13.7 Å². The van der Waals surface area contributed by atoms with Gasteiger partial charge in [0, 0.05) is 17.4 Å². The van der Waals surface area contributed by atoms with Crippen molar-refractivity contribution < 1.29 is 23.0 Å². The van der Waals surface area contributed by atoms with E-state index in [-0.39, 0.29) is 24.0 Å². The van der Waals surface area contributed by atoms with Gasteiger partial charge in [0.25, 0.3) is 0 Å². The highest BCUT2D eigenvalue weighted by atomic mass is 19.3. The molecule has 2 rings (SSSR count). The SMILES string of the molecule is COc1ccc(NCC(=O)Nc2ccc(C)cc2)cc1OC(F)F. The van der Waals surface area contributed by atoms with Crippen LogP contribution < -0.4 is 20.1 Å². The summed E-state index contributed by atoms with van der Waals surface area (Å²) in [5, 5.41) is 5.58. The topological polar surface area (TPSA) is 59.6 Å². The first-order valence-electron chi connectivity index (χ1n) is 7.21. The van der Waals surface area contributed by atoms with E-state index >= 15 is 0 Å². The Morgan fingerprint density at radius 1 is 1.08 bits per heavy atom. The van der Waals surface area contributed by atoms with Crippen LogP contribution in [-0.4, -0.2) is 26.2 Å². The fourth-order valence-corrected chi connectivity index (χ4v) is 2.00. The number of nitrogens with one attached hydrogen (secondary N) is 2. The molecule has 0 unspecified atom stereocenters. The molecule has 0 atom stereocenters. The third kappa shape index (κ3) is 5.12. The van der Waals surface area contributed by atoms with Crippen molar-refractivity contribution in [2.75, 3.05) is 24.3 Å². The second-order valence-corrected chi connectivity index (χ2v) is 5.01. The number of benzene rings is 2. The van der Waals surface area contributed by atoms with Crippen molar-refractivity contribution in [3.05, 3.63) is 48.0 Å². The Bertz CT molecular complexity index is 691. The van der Waals surface area contributed by atoms with Gasteiger partial charge < -0.3 is 20.1 Å². The average Bonchev–Trinajstić information content (AvgIpc) is 2.55. The van der Waals surface area contributed by atoms with Gasteiger partial charge in [-0.1, -0.05) is 17.7 Å². The smallest absolute Gasteiger partial charge is 0.387 e. The third-order valence-electron chi connectivity index (χ3n) is 3.17. The molecule has 0 spiro atoms. The molecule has 128 valence electrons. The van der Waals surface area contributed by atoms with Crippen LogP contribution in [0.4, 0.5) is 20.2 Å². The summed E-state index contributed by atoms with van der Waals surface area (Å²) in [7, 11) is 1.36. The minimum Gasteiger partial charge on any atom is -0.493 e. The first-order valence-corrected chi connectivity index (χ1v) is 7.21. The lowest BCUT2D eigenvalue weighted by atomic mass is 10.2. The van der Waals surface area contributed by atoms with Crippen molar-refractivity contribution in [3.8, 4) is 11.5 Å². The predicted molar refractivity (Wildman–Crippen MR) is 87.9 cm³/mol. The summed E-state index contributed by atoms with van der Waals surface area (Å²) in [5.74, 6) is -0.174. The van der Waals surface area contributed by atoms with E-state index in [1.807, 2.05) is 19.1 Å². The zero-order chi connectivity index (χ0) is 17.5. The van der Waals surface area contributed by atoms with Gasteiger partial charge in [0.2, 0.25) is 5.91 Å². The Morgan fingerprint density at radius 3 is 2.38 bits per heavy atom. The van der Waals surface area contributed by atoms with Crippen LogP contribution >= 0.6 is 0 Å². The van der Waals surface area contributed by atoms with Crippen LogP contribution in [0.2, 0.25) is 0 Å². The number of carbonyl (C=O) groups excluding carboxylic acids is 1. The second kappa shape index (κ2) is 8.14. The summed E-state index contributed by atoms with van der Waals surface area (Å²) in [6.45, 7) is -1.02. The molecule has 0 aliphatic heterocycles. The summed E-state index contributed by atoms with van der Waals surface area (Å²) >= 11 is 0. The zero-order valence-corrected chi connectivity index (χ0v) is 13.3. The molecule has 0 heterocycles. The maximum Gasteiger partial charge on any atom is 0.387 e. The van der Waals surface area contributed by atoms with Gasteiger partial charge in [0.15, 0.2) is 11.5 Å². The molecule has 2 N–H and O–H groups in total. The number of hydrogen-bond donors (Lipinski definition) is 2. The number of ether oxygens (including phenoxy) is 2. The number of hydrogen-bond acceptors (Lipinski definition) is 4. The fourth-order valence-electron chi connectivity index (χ4n) is 2.00. The largest absolute Gasteiger partial charge is 0.493 e. The predicted octanol–water partition coefficient (Wildman–Crippen LogP) is 3.66. The van der Waals surface area contributed by atoms with Gasteiger partial charge >= 0.3 is 6.61 Å². The molecule has 0 radical (unpaired) electrons. The van der Waals surface area contributed by atoms with Crippen LogP contribution in [0.1, 0.15) is 5.56 Å². The molecule has 0 aromatic heterocycles. The third-order valence-corrected chi connectivity index (χ3v) is 3.17. The maximum atomic E-state index is 12.4. The summed E-state index contributed by atoms with van der Waals surface area (Å²) in [6, 6.07) is 11.8. The molecule has 0 saturated heterocycles. The van der Waals surface area contributed by atoms with Crippen LogP contribution in [0.5, 0.6) is 11.5 Å². The van der Waals surface area contributed by atoms with Crippen LogP contribution in [0.15, 0.2) is 42.5 Å². The van der Waals surface area contributed by atoms with E-state index in [1.165, 1.54) is 19.2 Å². The van der Waals surface area contributed by atoms with Crippen molar-refractivity contribution in [2.45, 2.75) is 13.5 Å². The number of halogens is 2. The Hall–Kier alpha value is -2.83. The molecule has 0 saturated carbocycles. The lowest BCUT2D eigenvalue weighted by Gasteiger charge is -2.13. The first kappa shape index (κ1) is 17.5. The molecule has 2 aromatic carbocycles. The number of anilines is 2. The van der Waals surface area contributed by atoms with Crippen molar-refractivity contribution in [2.24, 2.45) is 0 Å². The van der Waals surface area contributed by atoms with Gasteiger partial charge in [-0.3, -0.25) is 4.79 Å². The van der Waals surface area contributed by atoms with E-state index in [4.69, 9.17) is 4.74 Å². The summed E-state index contributed by atoms with van der Waals surface area (Å²) in [6.07, 6.45) is 0. The van der Waals surface area contributed by atoms with Crippen LogP contribution in [-0.2, 0) is 4.79 Å². The van der Waals surface area contributed by atoms with Crippen LogP contribution in [0, 0.1) is 6.92 Å². The van der Waals surface area contributed by atoms with Crippen molar-refractivity contribution >= 4 is 17.3 Å². The Morgan fingerprint density at radius 2 is 1.75 bits per heavy atom. The molecular weight excluding hydrogens is 318 g/mol. The number of rotatable bonds is 7. The number of methoxy groups -OCH3 is 1. The average molecular weight is 336 g/mol. The highest BCUT2D eigenvalue weighted by Crippen LogP contribution is 2.31. The van der Waals surface area contributed by atoms with Crippen molar-refractivity contribution in [1.29, 1.82) is 0 Å². The second-order valence-electron chi connectivity index (χ2n) is 5.01. The molecule has 2 aromatic rings. The van der Waals surface area contributed by atoms with Gasteiger partial charge in [-0.05, 0) is 31.2 Å². The Balaban J connectivity index is 1.95. The number of amides is 1. The van der Waals surface area contributed by atoms with E-state index < -0.39 is 6.61 Å².